The van der Waals surface area contributed by atoms with Crippen molar-refractivity contribution >= 4 is 52.2 Å². The number of hydrogen-bond donors (Lipinski definition) is 0. The van der Waals surface area contributed by atoms with E-state index in [0.717, 1.165) is 89.2 Å². The minimum absolute atomic E-state index is 0.594. The van der Waals surface area contributed by atoms with Crippen molar-refractivity contribution in [2.45, 2.75) is 80.1 Å². The lowest BCUT2D eigenvalue weighted by Crippen LogP contribution is -2.21. The van der Waals surface area contributed by atoms with Gasteiger partial charge in [0.05, 0.1) is 5.69 Å². The summed E-state index contributed by atoms with van der Waals surface area (Å²) < 4.78 is 0. The van der Waals surface area contributed by atoms with Gasteiger partial charge in [0.25, 0.3) is 0 Å². The average Bonchev–Trinajstić information content (AvgIpc) is 3.28. The molecule has 0 aliphatic heterocycles. The lowest BCUT2D eigenvalue weighted by Gasteiger charge is -2.30. The molecule has 0 aliphatic rings. The van der Waals surface area contributed by atoms with Crippen LogP contribution in [0.15, 0.2) is 122 Å². The zero-order chi connectivity index (χ0) is 39.7. The molecule has 0 spiro atoms. The van der Waals surface area contributed by atoms with E-state index >= 15 is 0 Å². The second-order valence-corrected chi connectivity index (χ2v) is 13.8. The van der Waals surface area contributed by atoms with Gasteiger partial charge < -0.3 is 0 Å². The first-order valence-corrected chi connectivity index (χ1v) is 20.1. The van der Waals surface area contributed by atoms with Gasteiger partial charge in [0.1, 0.15) is 46.5 Å². The van der Waals surface area contributed by atoms with Crippen LogP contribution < -0.4 is 14.7 Å². The van der Waals surface area contributed by atoms with Gasteiger partial charge in [-0.05, 0) is 108 Å². The van der Waals surface area contributed by atoms with Gasteiger partial charge in [-0.2, -0.15) is 0 Å². The second kappa shape index (κ2) is 17.9. The standard InChI is InChI=1S/C47H50N10/c1-7-33-13-19-40(48-27-33)55(41-20-14-34(8-2)28-49-41)39-25-46(56(42-21-15-35(9-3)29-50-42)43-22-16-36(10-4)30-51-43)54-47(26-39)57(44-23-17-37(11-5)31-52-44)45-24-18-38(12-6)32-53-45/h13-32H,7-12H2,1-6H3. The molecule has 0 aromatic carbocycles. The number of pyridine rings is 7. The van der Waals surface area contributed by atoms with Gasteiger partial charge in [0.2, 0.25) is 0 Å². The van der Waals surface area contributed by atoms with Crippen molar-refractivity contribution in [2.24, 2.45) is 0 Å². The van der Waals surface area contributed by atoms with Crippen molar-refractivity contribution in [2.75, 3.05) is 14.7 Å². The highest BCUT2D eigenvalue weighted by Crippen LogP contribution is 2.42. The molecule has 0 unspecified atom stereocenters. The van der Waals surface area contributed by atoms with Crippen LogP contribution in [0, 0.1) is 0 Å². The summed E-state index contributed by atoms with van der Waals surface area (Å²) in [5.41, 5.74) is 7.63. The minimum atomic E-state index is 0.594. The van der Waals surface area contributed by atoms with Crippen molar-refractivity contribution < 1.29 is 0 Å². The molecule has 0 N–H and O–H groups in total. The van der Waals surface area contributed by atoms with Gasteiger partial charge in [-0.3, -0.25) is 14.7 Å². The van der Waals surface area contributed by atoms with Crippen LogP contribution in [0.25, 0.3) is 0 Å². The Morgan fingerprint density at radius 3 is 0.719 bits per heavy atom. The summed E-state index contributed by atoms with van der Waals surface area (Å²) in [4.78, 5) is 41.4. The predicted octanol–water partition coefficient (Wildman–Crippen LogP) is 11.2. The zero-order valence-corrected chi connectivity index (χ0v) is 33.8. The number of aromatic nitrogens is 7. The van der Waals surface area contributed by atoms with Gasteiger partial charge in [-0.1, -0.05) is 77.9 Å². The Labute approximate surface area is 336 Å². The minimum Gasteiger partial charge on any atom is -0.279 e. The van der Waals surface area contributed by atoms with Crippen LogP contribution in [-0.2, 0) is 38.5 Å². The quantitative estimate of drug-likeness (QED) is 0.101. The maximum atomic E-state index is 5.46. The fraction of sp³-hybridized carbons (Fsp3) is 0.255. The van der Waals surface area contributed by atoms with Gasteiger partial charge >= 0.3 is 0 Å². The largest absolute Gasteiger partial charge is 0.279 e. The van der Waals surface area contributed by atoms with E-state index < -0.39 is 0 Å². The molecule has 7 rings (SSSR count). The fourth-order valence-electron chi connectivity index (χ4n) is 6.48. The molecule has 10 nitrogen and oxygen atoms in total. The van der Waals surface area contributed by atoms with E-state index in [4.69, 9.17) is 34.9 Å². The molecule has 0 bridgehead atoms. The molecule has 0 radical (unpaired) electrons. The summed E-state index contributed by atoms with van der Waals surface area (Å²) in [6.07, 6.45) is 16.8. The highest BCUT2D eigenvalue weighted by atomic mass is 15.3. The highest BCUT2D eigenvalue weighted by Gasteiger charge is 2.26. The molecular formula is C47H50N10. The molecule has 0 atom stereocenters. The Morgan fingerprint density at radius 2 is 0.526 bits per heavy atom. The lowest BCUT2D eigenvalue weighted by molar-refractivity contribution is 1.01. The van der Waals surface area contributed by atoms with Crippen molar-refractivity contribution in [3.05, 3.63) is 155 Å². The first-order chi connectivity index (χ1) is 27.9. The monoisotopic (exact) mass is 754 g/mol. The third-order valence-electron chi connectivity index (χ3n) is 10.2. The van der Waals surface area contributed by atoms with Crippen LogP contribution in [0.2, 0.25) is 0 Å². The Morgan fingerprint density at radius 1 is 0.298 bits per heavy atom. The Balaban J connectivity index is 1.53. The number of anilines is 9. The normalized spacial score (nSPS) is 11.1. The first kappa shape index (κ1) is 38.7. The van der Waals surface area contributed by atoms with E-state index in [2.05, 4.69) is 107 Å². The van der Waals surface area contributed by atoms with Crippen molar-refractivity contribution in [1.29, 1.82) is 0 Å². The molecular weight excluding hydrogens is 705 g/mol. The summed E-state index contributed by atoms with van der Waals surface area (Å²) in [5, 5.41) is 0. The van der Waals surface area contributed by atoms with E-state index in [1.54, 1.807) is 0 Å². The molecule has 7 heterocycles. The van der Waals surface area contributed by atoms with Gasteiger partial charge in [-0.25, -0.2) is 34.9 Å². The van der Waals surface area contributed by atoms with Crippen molar-refractivity contribution in [3.8, 4) is 0 Å². The van der Waals surface area contributed by atoms with E-state index in [1.807, 2.05) is 71.2 Å². The van der Waals surface area contributed by atoms with Crippen LogP contribution in [-0.4, -0.2) is 34.9 Å². The number of aryl methyl sites for hydroxylation is 6. The number of nitrogens with zero attached hydrogens (tertiary/aromatic N) is 10. The molecule has 0 aliphatic carbocycles. The summed E-state index contributed by atoms with van der Waals surface area (Å²) in [5.74, 6) is 5.37. The molecule has 57 heavy (non-hydrogen) atoms. The van der Waals surface area contributed by atoms with Crippen LogP contribution in [0.3, 0.4) is 0 Å². The lowest BCUT2D eigenvalue weighted by atomic mass is 10.2. The molecule has 0 fully saturated rings. The molecule has 288 valence electrons. The summed E-state index contributed by atoms with van der Waals surface area (Å²) in [6.45, 7) is 12.8. The Bertz CT molecular complexity index is 1920. The van der Waals surface area contributed by atoms with Crippen LogP contribution >= 0.6 is 0 Å². The number of rotatable bonds is 15. The van der Waals surface area contributed by atoms with Crippen molar-refractivity contribution in [1.82, 2.24) is 34.9 Å². The van der Waals surface area contributed by atoms with Crippen molar-refractivity contribution in [3.63, 3.8) is 0 Å². The highest BCUT2D eigenvalue weighted by molar-refractivity contribution is 5.82. The maximum Gasteiger partial charge on any atom is 0.144 e. The molecule has 7 aromatic heterocycles. The van der Waals surface area contributed by atoms with Crippen LogP contribution in [0.4, 0.5) is 52.2 Å². The van der Waals surface area contributed by atoms with E-state index in [1.165, 1.54) is 0 Å². The third kappa shape index (κ3) is 8.65. The molecule has 0 saturated heterocycles. The molecule has 0 amide bonds. The third-order valence-corrected chi connectivity index (χ3v) is 10.2. The SMILES string of the molecule is CCc1ccc(N(c2cc(N(c3ccc(CC)cn3)c3ccc(CC)cn3)nc(N(c3ccc(CC)cn3)c3ccc(CC)cn3)c2)c2ccc(CC)cn2)nc1. The second-order valence-electron chi connectivity index (χ2n) is 13.8. The predicted molar refractivity (Wildman–Crippen MR) is 231 cm³/mol. The molecule has 7 aromatic rings. The van der Waals surface area contributed by atoms with E-state index in [0.29, 0.717) is 34.9 Å². The summed E-state index contributed by atoms with van der Waals surface area (Å²) >= 11 is 0. The maximum absolute atomic E-state index is 5.46. The topological polar surface area (TPSA) is 100.0 Å². The van der Waals surface area contributed by atoms with Crippen LogP contribution in [0.1, 0.15) is 74.9 Å². The molecule has 10 heteroatoms. The molecule has 0 saturated carbocycles. The number of hydrogen-bond acceptors (Lipinski definition) is 10. The van der Waals surface area contributed by atoms with Gasteiger partial charge in [0.15, 0.2) is 0 Å². The average molecular weight is 755 g/mol. The van der Waals surface area contributed by atoms with E-state index in [9.17, 15) is 0 Å². The Hall–Kier alpha value is -6.55. The fourth-order valence-corrected chi connectivity index (χ4v) is 6.48. The van der Waals surface area contributed by atoms with Crippen LogP contribution in [0.5, 0.6) is 0 Å². The smallest absolute Gasteiger partial charge is 0.144 e. The van der Waals surface area contributed by atoms with Gasteiger partial charge in [0, 0.05) is 49.3 Å². The summed E-state index contributed by atoms with van der Waals surface area (Å²) in [7, 11) is 0. The van der Waals surface area contributed by atoms with Gasteiger partial charge in [-0.15, -0.1) is 0 Å². The Kier molecular flexibility index (Phi) is 12.2. The zero-order valence-electron chi connectivity index (χ0n) is 33.8. The van der Waals surface area contributed by atoms with E-state index in [-0.39, 0.29) is 0 Å². The first-order valence-electron chi connectivity index (χ1n) is 20.1. The summed E-state index contributed by atoms with van der Waals surface area (Å²) in [6, 6.07) is 29.0.